The van der Waals surface area contributed by atoms with Gasteiger partial charge < -0.3 is 10.1 Å². The normalized spacial score (nSPS) is 16.0. The van der Waals surface area contributed by atoms with Gasteiger partial charge in [0.15, 0.2) is 0 Å². The minimum absolute atomic E-state index is 0.0801. The van der Waals surface area contributed by atoms with Gasteiger partial charge in [-0.1, -0.05) is 29.8 Å². The van der Waals surface area contributed by atoms with Crippen LogP contribution in [0.4, 0.5) is 0 Å². The molecule has 1 aromatic rings. The Morgan fingerprint density at radius 1 is 1.25 bits per heavy atom. The van der Waals surface area contributed by atoms with Gasteiger partial charge >= 0.3 is 0 Å². The number of sulfonamides is 1. The number of carbonyl (C=O) groups excluding carboxylic acids is 1. The Labute approximate surface area is 148 Å². The number of benzene rings is 1. The Morgan fingerprint density at radius 2 is 1.96 bits per heavy atom. The van der Waals surface area contributed by atoms with Crippen LogP contribution in [0.5, 0.6) is 0 Å². The molecule has 1 fully saturated rings. The van der Waals surface area contributed by atoms with Crippen LogP contribution in [0.25, 0.3) is 0 Å². The van der Waals surface area contributed by atoms with E-state index in [1.807, 2.05) is 24.3 Å². The van der Waals surface area contributed by atoms with Gasteiger partial charge in [0.25, 0.3) is 0 Å². The molecule has 0 unspecified atom stereocenters. The topological polar surface area (TPSA) is 75.7 Å². The lowest BCUT2D eigenvalue weighted by atomic mass is 10.1. The fraction of sp³-hybridized carbons (Fsp3) is 0.562. The van der Waals surface area contributed by atoms with Crippen LogP contribution < -0.4 is 5.32 Å². The third-order valence-electron chi connectivity index (χ3n) is 3.85. The number of morpholine rings is 1. The van der Waals surface area contributed by atoms with Crippen LogP contribution in [0.15, 0.2) is 24.3 Å². The Balaban J connectivity index is 1.65. The first-order chi connectivity index (χ1) is 11.5. The molecule has 1 aromatic carbocycles. The molecular formula is C16H23ClN2O4S. The predicted molar refractivity (Wildman–Crippen MR) is 93.6 cm³/mol. The molecule has 1 amide bonds. The highest BCUT2D eigenvalue weighted by Crippen LogP contribution is 2.17. The van der Waals surface area contributed by atoms with Crippen LogP contribution in [0, 0.1) is 0 Å². The summed E-state index contributed by atoms with van der Waals surface area (Å²) in [6, 6.07) is 7.55. The zero-order valence-electron chi connectivity index (χ0n) is 13.5. The molecule has 24 heavy (non-hydrogen) atoms. The minimum Gasteiger partial charge on any atom is -0.379 e. The zero-order valence-corrected chi connectivity index (χ0v) is 15.1. The number of halogens is 1. The minimum atomic E-state index is -3.33. The van der Waals surface area contributed by atoms with Gasteiger partial charge in [0, 0.05) is 31.1 Å². The molecule has 0 bridgehead atoms. The summed E-state index contributed by atoms with van der Waals surface area (Å²) in [5.74, 6) is -0.220. The monoisotopic (exact) mass is 374 g/mol. The highest BCUT2D eigenvalue weighted by molar-refractivity contribution is 7.89. The highest BCUT2D eigenvalue weighted by Gasteiger charge is 2.23. The van der Waals surface area contributed by atoms with Crippen molar-refractivity contribution in [3.63, 3.8) is 0 Å². The molecule has 134 valence electrons. The number of amides is 1. The van der Waals surface area contributed by atoms with E-state index < -0.39 is 10.0 Å². The van der Waals surface area contributed by atoms with E-state index in [0.717, 1.165) is 12.0 Å². The van der Waals surface area contributed by atoms with E-state index in [9.17, 15) is 13.2 Å². The van der Waals surface area contributed by atoms with Gasteiger partial charge in [0.1, 0.15) is 0 Å². The van der Waals surface area contributed by atoms with Crippen LogP contribution in [-0.4, -0.2) is 57.2 Å². The highest BCUT2D eigenvalue weighted by atomic mass is 35.5. The molecule has 1 aliphatic heterocycles. The first-order valence-corrected chi connectivity index (χ1v) is 10.0. The van der Waals surface area contributed by atoms with Crippen molar-refractivity contribution in [2.24, 2.45) is 0 Å². The number of nitrogens with zero attached hydrogens (tertiary/aromatic N) is 1. The first kappa shape index (κ1) is 19.2. The summed E-state index contributed by atoms with van der Waals surface area (Å²) in [5, 5.41) is 3.37. The number of carbonyl (C=O) groups is 1. The summed E-state index contributed by atoms with van der Waals surface area (Å²) in [6.07, 6.45) is 1.74. The molecule has 0 aliphatic carbocycles. The standard InChI is InChI=1S/C16H23ClN2O4S/c17-15-6-2-1-4-14(15)5-3-7-16(20)18-8-13-24(21,22)19-9-11-23-12-10-19/h1-2,4,6H,3,5,7-13H2,(H,18,20). The first-order valence-electron chi connectivity index (χ1n) is 8.05. The molecular weight excluding hydrogens is 352 g/mol. The maximum Gasteiger partial charge on any atom is 0.220 e. The zero-order chi connectivity index (χ0) is 17.4. The number of nitrogens with one attached hydrogen (secondary N) is 1. The lowest BCUT2D eigenvalue weighted by molar-refractivity contribution is -0.121. The quantitative estimate of drug-likeness (QED) is 0.747. The molecule has 1 heterocycles. The van der Waals surface area contributed by atoms with Gasteiger partial charge in [0.2, 0.25) is 15.9 Å². The molecule has 1 N–H and O–H groups in total. The Morgan fingerprint density at radius 3 is 2.67 bits per heavy atom. The summed E-state index contributed by atoms with van der Waals surface area (Å²) >= 11 is 6.07. The van der Waals surface area contributed by atoms with Crippen LogP contribution in [0.1, 0.15) is 18.4 Å². The summed E-state index contributed by atoms with van der Waals surface area (Å²) in [5.41, 5.74) is 1.02. The fourth-order valence-electron chi connectivity index (χ4n) is 2.50. The number of hydrogen-bond acceptors (Lipinski definition) is 4. The summed E-state index contributed by atoms with van der Waals surface area (Å²) < 4.78 is 30.8. The van der Waals surface area contributed by atoms with E-state index in [4.69, 9.17) is 16.3 Å². The number of rotatable bonds is 8. The Bertz CT molecular complexity index is 645. The van der Waals surface area contributed by atoms with Gasteiger partial charge in [-0.3, -0.25) is 4.79 Å². The molecule has 8 heteroatoms. The Kier molecular flexibility index (Phi) is 7.48. The van der Waals surface area contributed by atoms with Crippen molar-refractivity contribution in [2.75, 3.05) is 38.6 Å². The second-order valence-electron chi connectivity index (χ2n) is 5.62. The predicted octanol–water partition coefficient (Wildman–Crippen LogP) is 1.44. The van der Waals surface area contributed by atoms with Crippen LogP contribution in [0.2, 0.25) is 5.02 Å². The third-order valence-corrected chi connectivity index (χ3v) is 6.09. The number of hydrogen-bond donors (Lipinski definition) is 1. The second kappa shape index (κ2) is 9.36. The van der Waals surface area contributed by atoms with Crippen LogP contribution >= 0.6 is 11.6 Å². The average Bonchev–Trinajstić information content (AvgIpc) is 2.57. The molecule has 0 saturated carbocycles. The van der Waals surface area contributed by atoms with Crippen molar-refractivity contribution in [3.05, 3.63) is 34.9 Å². The van der Waals surface area contributed by atoms with Crippen LogP contribution in [0.3, 0.4) is 0 Å². The Hall–Kier alpha value is -1.15. The van der Waals surface area contributed by atoms with E-state index in [2.05, 4.69) is 5.32 Å². The SMILES string of the molecule is O=C(CCCc1ccccc1Cl)NCCS(=O)(=O)N1CCOCC1. The van der Waals surface area contributed by atoms with E-state index in [1.54, 1.807) is 0 Å². The van der Waals surface area contributed by atoms with Crippen molar-refractivity contribution >= 4 is 27.5 Å². The molecule has 0 radical (unpaired) electrons. The smallest absolute Gasteiger partial charge is 0.220 e. The van der Waals surface area contributed by atoms with Gasteiger partial charge in [-0.05, 0) is 24.5 Å². The van der Waals surface area contributed by atoms with E-state index in [1.165, 1.54) is 4.31 Å². The summed E-state index contributed by atoms with van der Waals surface area (Å²) in [4.78, 5) is 11.8. The lowest BCUT2D eigenvalue weighted by Crippen LogP contribution is -2.43. The van der Waals surface area contributed by atoms with Gasteiger partial charge in [0.05, 0.1) is 19.0 Å². The lowest BCUT2D eigenvalue weighted by Gasteiger charge is -2.26. The molecule has 0 spiro atoms. The van der Waals surface area contributed by atoms with Gasteiger partial charge in [-0.15, -0.1) is 0 Å². The molecule has 1 saturated heterocycles. The number of aryl methyl sites for hydroxylation is 1. The van der Waals surface area contributed by atoms with Crippen molar-refractivity contribution in [1.82, 2.24) is 9.62 Å². The molecule has 2 rings (SSSR count). The molecule has 6 nitrogen and oxygen atoms in total. The van der Waals surface area contributed by atoms with Crippen molar-refractivity contribution in [2.45, 2.75) is 19.3 Å². The van der Waals surface area contributed by atoms with Gasteiger partial charge in [-0.25, -0.2) is 8.42 Å². The maximum atomic E-state index is 12.1. The van der Waals surface area contributed by atoms with Crippen molar-refractivity contribution in [1.29, 1.82) is 0 Å². The summed E-state index contributed by atoms with van der Waals surface area (Å²) in [7, 11) is -3.33. The van der Waals surface area contributed by atoms with E-state index in [0.29, 0.717) is 44.2 Å². The molecule has 1 aliphatic rings. The van der Waals surface area contributed by atoms with Crippen LogP contribution in [-0.2, 0) is 26.0 Å². The van der Waals surface area contributed by atoms with E-state index >= 15 is 0 Å². The largest absolute Gasteiger partial charge is 0.379 e. The average molecular weight is 375 g/mol. The van der Waals surface area contributed by atoms with Crippen molar-refractivity contribution in [3.8, 4) is 0 Å². The third kappa shape index (κ3) is 6.05. The van der Waals surface area contributed by atoms with Gasteiger partial charge in [-0.2, -0.15) is 4.31 Å². The van der Waals surface area contributed by atoms with Crippen molar-refractivity contribution < 1.29 is 17.9 Å². The maximum absolute atomic E-state index is 12.1. The summed E-state index contributed by atoms with van der Waals surface area (Å²) in [6.45, 7) is 1.74. The fourth-order valence-corrected chi connectivity index (χ4v) is 4.06. The second-order valence-corrected chi connectivity index (χ2v) is 8.12. The van der Waals surface area contributed by atoms with E-state index in [-0.39, 0.29) is 18.2 Å². The number of ether oxygens (including phenoxy) is 1. The molecule has 0 aromatic heterocycles. The molecule has 0 atom stereocenters.